The van der Waals surface area contributed by atoms with E-state index in [1.54, 1.807) is 0 Å². The van der Waals surface area contributed by atoms with Crippen LogP contribution in [0.4, 0.5) is 65.9 Å². The van der Waals surface area contributed by atoms with E-state index in [1.807, 2.05) is 0 Å². The molecular weight excluding hydrogens is 685 g/mol. The average molecular weight is 704 g/mol. The molecule has 0 heterocycles. The Balaban J connectivity index is 2.26. The second-order valence-corrected chi connectivity index (χ2v) is 12.5. The molecule has 0 radical (unpaired) electrons. The van der Waals surface area contributed by atoms with Crippen molar-refractivity contribution in [3.05, 3.63) is 90.0 Å². The van der Waals surface area contributed by atoms with Crippen molar-refractivity contribution in [2.24, 2.45) is 0 Å². The fourth-order valence-corrected chi connectivity index (χ4v) is 6.90. The van der Waals surface area contributed by atoms with Gasteiger partial charge >= 0.3 is 47.7 Å². The van der Waals surface area contributed by atoms with Crippen molar-refractivity contribution in [2.45, 2.75) is 70.2 Å². The average Bonchev–Trinajstić information content (AvgIpc) is 2.96. The molecule has 0 spiro atoms. The van der Waals surface area contributed by atoms with Crippen LogP contribution in [0.1, 0.15) is 11.1 Å². The van der Waals surface area contributed by atoms with Crippen LogP contribution in [-0.4, -0.2) is 47.7 Å². The van der Waals surface area contributed by atoms with Crippen LogP contribution < -0.4 is 0 Å². The van der Waals surface area contributed by atoms with Crippen LogP contribution in [0.2, 0.25) is 0 Å². The summed E-state index contributed by atoms with van der Waals surface area (Å²) in [5.41, 5.74) is 1.02. The Labute approximate surface area is 251 Å². The van der Waals surface area contributed by atoms with Crippen molar-refractivity contribution in [1.29, 1.82) is 0 Å². The fraction of sp³-hybridized carbons (Fsp3) is 0.321. The van der Waals surface area contributed by atoms with Crippen molar-refractivity contribution in [3.8, 4) is 0 Å². The second-order valence-electron chi connectivity index (χ2n) is 9.81. The molecule has 0 aliphatic carbocycles. The number of halogens is 15. The van der Waals surface area contributed by atoms with E-state index in [1.165, 1.54) is 56.3 Å². The molecule has 0 saturated carbocycles. The van der Waals surface area contributed by atoms with Gasteiger partial charge < -0.3 is 4.18 Å². The highest BCUT2D eigenvalue weighted by Crippen LogP contribution is 2.70. The summed E-state index contributed by atoms with van der Waals surface area (Å²) in [6.45, 7) is 3.08. The van der Waals surface area contributed by atoms with Crippen LogP contribution in [0.5, 0.6) is 0 Å². The molecule has 0 N–H and O–H groups in total. The zero-order valence-electron chi connectivity index (χ0n) is 22.9. The predicted octanol–water partition coefficient (Wildman–Crippen LogP) is 10.4. The Morgan fingerprint density at radius 1 is 0.478 bits per heavy atom. The first kappa shape index (κ1) is 36.9. The monoisotopic (exact) mass is 704 g/mol. The van der Waals surface area contributed by atoms with Gasteiger partial charge in [0, 0.05) is 14.7 Å². The summed E-state index contributed by atoms with van der Waals surface area (Å²) in [5, 5.41) is 0. The molecule has 0 aliphatic rings. The number of hydrogen-bond donors (Lipinski definition) is 0. The van der Waals surface area contributed by atoms with E-state index >= 15 is 8.78 Å². The quantitative estimate of drug-likeness (QED) is 0.197. The normalized spacial score (nSPS) is 14.6. The van der Waals surface area contributed by atoms with Crippen molar-refractivity contribution in [2.75, 3.05) is 0 Å². The lowest BCUT2D eigenvalue weighted by Gasteiger charge is -2.43. The van der Waals surface area contributed by atoms with Crippen molar-refractivity contribution in [3.63, 3.8) is 0 Å². The maximum Gasteiger partial charge on any atom is 0.460 e. The smallest absolute Gasteiger partial charge is 0.397 e. The van der Waals surface area contributed by atoms with E-state index in [0.29, 0.717) is 11.1 Å². The summed E-state index contributed by atoms with van der Waals surface area (Å²) in [5.74, 6) is -52.6. The molecule has 0 amide bonds. The zero-order chi connectivity index (χ0) is 35.4. The van der Waals surface area contributed by atoms with Gasteiger partial charge in [0.2, 0.25) is 0 Å². The third-order valence-electron chi connectivity index (χ3n) is 6.57. The summed E-state index contributed by atoms with van der Waals surface area (Å²) in [6, 6.07) is 16.0. The van der Waals surface area contributed by atoms with Gasteiger partial charge in [-0.25, -0.2) is 4.79 Å². The highest BCUT2D eigenvalue weighted by Gasteiger charge is 2.94. The molecule has 2 nitrogen and oxygen atoms in total. The lowest BCUT2D eigenvalue weighted by Crippen LogP contribution is -2.73. The van der Waals surface area contributed by atoms with Crippen LogP contribution in [-0.2, 0) is 8.98 Å². The van der Waals surface area contributed by atoms with Crippen LogP contribution in [0.15, 0.2) is 93.5 Å². The lowest BCUT2D eigenvalue weighted by molar-refractivity contribution is -0.450. The van der Waals surface area contributed by atoms with E-state index in [4.69, 9.17) is 4.18 Å². The number of benzene rings is 3. The Bertz CT molecular complexity index is 1490. The Hall–Kier alpha value is -3.57. The van der Waals surface area contributed by atoms with E-state index in [0.717, 1.165) is 36.4 Å². The van der Waals surface area contributed by atoms with Gasteiger partial charge in [-0.3, -0.25) is 0 Å². The molecule has 0 fully saturated rings. The first-order valence-corrected chi connectivity index (χ1v) is 13.9. The molecule has 254 valence electrons. The minimum atomic E-state index is -8.54. The van der Waals surface area contributed by atoms with Gasteiger partial charge in [0.1, 0.15) is 0 Å². The van der Waals surface area contributed by atoms with Gasteiger partial charge in [0.05, 0.1) is 0 Å². The van der Waals surface area contributed by atoms with Crippen LogP contribution in [0, 0.1) is 13.8 Å². The SMILES string of the molecule is Cc1ccc(S(OC(=O)C(F)(F)C(F)(F)C(F)(F)C(F)(F)C(F)(F)C(F)(F)C(F)(F)F)(c2ccccc2)c2ccc(C)cc2)cc1. The lowest BCUT2D eigenvalue weighted by atomic mass is 9.91. The van der Waals surface area contributed by atoms with Gasteiger partial charge in [0.15, 0.2) is 0 Å². The van der Waals surface area contributed by atoms with Gasteiger partial charge in [-0.05, 0) is 60.6 Å². The molecule has 46 heavy (non-hydrogen) atoms. The molecule has 18 heteroatoms. The predicted molar refractivity (Wildman–Crippen MR) is 133 cm³/mol. The van der Waals surface area contributed by atoms with Crippen molar-refractivity contribution in [1.82, 2.24) is 0 Å². The van der Waals surface area contributed by atoms with E-state index in [-0.39, 0.29) is 14.7 Å². The van der Waals surface area contributed by atoms with Crippen molar-refractivity contribution >= 4 is 16.3 Å². The van der Waals surface area contributed by atoms with Crippen molar-refractivity contribution < 1.29 is 74.8 Å². The first-order chi connectivity index (χ1) is 20.7. The third-order valence-corrected chi connectivity index (χ3v) is 9.78. The summed E-state index contributed by atoms with van der Waals surface area (Å²) < 4.78 is 212. The van der Waals surface area contributed by atoms with E-state index in [9.17, 15) is 61.9 Å². The van der Waals surface area contributed by atoms with Crippen LogP contribution in [0.3, 0.4) is 0 Å². The summed E-state index contributed by atoms with van der Waals surface area (Å²) in [7, 11) is -4.07. The molecule has 0 bridgehead atoms. The molecule has 0 aliphatic heterocycles. The summed E-state index contributed by atoms with van der Waals surface area (Å²) in [4.78, 5) is 12.1. The maximum atomic E-state index is 15.1. The standard InChI is InChI=1S/C28H19F15O2S/c1-16-8-12-19(13-9-16)46(18-6-4-3-5-7-18,20-14-10-17(2)11-15-20)45-21(44)22(29,30)23(31,32)24(33,34)25(35,36)26(37,38)27(39,40)28(41,42)43/h3-15H,1-2H3. The van der Waals surface area contributed by atoms with Gasteiger partial charge in [0.25, 0.3) is 0 Å². The van der Waals surface area contributed by atoms with Gasteiger partial charge in [-0.1, -0.05) is 53.6 Å². The molecule has 0 saturated heterocycles. The third kappa shape index (κ3) is 5.45. The highest BCUT2D eigenvalue weighted by molar-refractivity contribution is 8.30. The highest BCUT2D eigenvalue weighted by atomic mass is 32.3. The minimum absolute atomic E-state index is 0.242. The largest absolute Gasteiger partial charge is 0.460 e. The molecule has 3 aromatic carbocycles. The van der Waals surface area contributed by atoms with Crippen LogP contribution >= 0.6 is 10.3 Å². The Morgan fingerprint density at radius 3 is 1.17 bits per heavy atom. The maximum absolute atomic E-state index is 15.1. The fourth-order valence-electron chi connectivity index (χ4n) is 3.89. The van der Waals surface area contributed by atoms with Gasteiger partial charge in [-0.2, -0.15) is 65.9 Å². The Kier molecular flexibility index (Phi) is 9.30. The molecule has 0 atom stereocenters. The number of rotatable bonds is 10. The number of hydrogen-bond acceptors (Lipinski definition) is 2. The zero-order valence-corrected chi connectivity index (χ0v) is 23.7. The molecule has 0 unspecified atom stereocenters. The summed E-state index contributed by atoms with van der Waals surface area (Å²) in [6.07, 6.45) is -7.74. The number of alkyl halides is 15. The molecular formula is C28H19F15O2S. The Morgan fingerprint density at radius 2 is 0.804 bits per heavy atom. The van der Waals surface area contributed by atoms with E-state index in [2.05, 4.69) is 0 Å². The molecule has 3 rings (SSSR count). The minimum Gasteiger partial charge on any atom is -0.397 e. The number of aryl methyl sites for hydroxylation is 2. The number of carbonyl (C=O) groups excluding carboxylic acids is 1. The first-order valence-electron chi connectivity index (χ1n) is 12.3. The summed E-state index contributed by atoms with van der Waals surface area (Å²) >= 11 is 0. The number of carbonyl (C=O) groups is 1. The second kappa shape index (κ2) is 11.6. The molecule has 0 aromatic heterocycles. The van der Waals surface area contributed by atoms with Gasteiger partial charge in [-0.15, -0.1) is 0 Å². The van der Waals surface area contributed by atoms with E-state index < -0.39 is 58.0 Å². The van der Waals surface area contributed by atoms with Crippen LogP contribution in [0.25, 0.3) is 0 Å². The topological polar surface area (TPSA) is 26.3 Å². The molecule has 3 aromatic rings.